The van der Waals surface area contributed by atoms with Gasteiger partial charge in [0.25, 0.3) is 0 Å². The van der Waals surface area contributed by atoms with E-state index < -0.39 is 52.5 Å². The van der Waals surface area contributed by atoms with Gasteiger partial charge >= 0.3 is 6.18 Å². The van der Waals surface area contributed by atoms with Crippen LogP contribution in [0.15, 0.2) is 18.2 Å². The predicted molar refractivity (Wildman–Crippen MR) is 85.3 cm³/mol. The summed E-state index contributed by atoms with van der Waals surface area (Å²) in [6, 6.07) is 4.77. The molecule has 0 saturated carbocycles. The Morgan fingerprint density at radius 2 is 1.62 bits per heavy atom. The van der Waals surface area contributed by atoms with Crippen molar-refractivity contribution < 1.29 is 45.0 Å². The number of amides is 1. The normalized spacial score (nSPS) is 14.1. The lowest BCUT2D eigenvalue weighted by atomic mass is 9.99. The molecule has 0 fully saturated rings. The van der Waals surface area contributed by atoms with E-state index in [9.17, 15) is 35.5 Å². The summed E-state index contributed by atoms with van der Waals surface area (Å²) in [4.78, 5) is 12.2. The summed E-state index contributed by atoms with van der Waals surface area (Å²) in [5.74, 6) is -11.1. The third kappa shape index (κ3) is 3.94. The Morgan fingerprint density at radius 3 is 2.21 bits per heavy atom. The molecule has 1 heterocycles. The summed E-state index contributed by atoms with van der Waals surface area (Å²) in [6.07, 6.45) is -5.62. The minimum atomic E-state index is -5.66. The number of rotatable bonds is 4. The molecule has 1 atom stereocenters. The average Bonchev–Trinajstić information content (AvgIpc) is 3.10. The van der Waals surface area contributed by atoms with Crippen LogP contribution in [0.1, 0.15) is 18.1 Å². The Kier molecular flexibility index (Phi) is 5.33. The quantitative estimate of drug-likeness (QED) is 0.568. The van der Waals surface area contributed by atoms with Gasteiger partial charge in [0.2, 0.25) is 12.7 Å². The summed E-state index contributed by atoms with van der Waals surface area (Å²) < 4.78 is 103. The second-order valence-corrected chi connectivity index (χ2v) is 6.29. The number of carbonyl (C=O) groups excluding carboxylic acids is 1. The molecule has 2 aromatic carbocycles. The van der Waals surface area contributed by atoms with E-state index >= 15 is 0 Å². The highest BCUT2D eigenvalue weighted by molar-refractivity contribution is 5.92. The Bertz CT molecular complexity index is 946. The van der Waals surface area contributed by atoms with Crippen molar-refractivity contribution in [3.63, 3.8) is 0 Å². The molecule has 1 aliphatic rings. The molecule has 4 nitrogen and oxygen atoms in total. The van der Waals surface area contributed by atoms with Gasteiger partial charge in [-0.15, -0.1) is 0 Å². The van der Waals surface area contributed by atoms with Crippen molar-refractivity contribution in [2.24, 2.45) is 5.92 Å². The fourth-order valence-electron chi connectivity index (χ4n) is 2.75. The standard InChI is InChI=1S/C18H12F7NO3/c1-7(4-8-2-3-9-10(5-8)29-6-28-9)17(27)26-16-14(21)12(19)11(18(23,24)25)13(20)15(16)22/h2-3,5,7H,4,6H2,1H3,(H,26,27). The smallest absolute Gasteiger partial charge is 0.422 e. The second kappa shape index (κ2) is 7.45. The van der Waals surface area contributed by atoms with Crippen molar-refractivity contribution in [3.8, 4) is 11.5 Å². The summed E-state index contributed by atoms with van der Waals surface area (Å²) in [5.41, 5.74) is -3.75. The molecule has 0 radical (unpaired) electrons. The van der Waals surface area contributed by atoms with Crippen molar-refractivity contribution in [1.82, 2.24) is 0 Å². The first-order chi connectivity index (χ1) is 13.5. The molecule has 2 aromatic rings. The molecule has 0 spiro atoms. The summed E-state index contributed by atoms with van der Waals surface area (Å²) in [5, 5.41) is 1.62. The number of hydrogen-bond acceptors (Lipinski definition) is 3. The second-order valence-electron chi connectivity index (χ2n) is 6.29. The first kappa shape index (κ1) is 20.7. The molecular weight excluding hydrogens is 411 g/mol. The fourth-order valence-corrected chi connectivity index (χ4v) is 2.75. The number of alkyl halides is 3. The lowest BCUT2D eigenvalue weighted by Gasteiger charge is -2.16. The summed E-state index contributed by atoms with van der Waals surface area (Å²) in [6.45, 7) is 1.38. The van der Waals surface area contributed by atoms with E-state index in [4.69, 9.17) is 9.47 Å². The topological polar surface area (TPSA) is 47.6 Å². The van der Waals surface area contributed by atoms with Crippen LogP contribution in [0.5, 0.6) is 11.5 Å². The van der Waals surface area contributed by atoms with E-state index in [2.05, 4.69) is 0 Å². The van der Waals surface area contributed by atoms with Gasteiger partial charge in [-0.25, -0.2) is 17.6 Å². The SMILES string of the molecule is CC(Cc1ccc2c(c1)OCO2)C(=O)Nc1c(F)c(F)c(C(F)(F)F)c(F)c1F. The Hall–Kier alpha value is -2.98. The molecule has 1 amide bonds. The van der Waals surface area contributed by atoms with E-state index in [0.29, 0.717) is 17.1 Å². The number of nitrogens with one attached hydrogen (secondary N) is 1. The molecule has 1 N–H and O–H groups in total. The third-order valence-corrected chi connectivity index (χ3v) is 4.22. The molecule has 1 unspecified atom stereocenters. The van der Waals surface area contributed by atoms with Crippen LogP contribution in [0, 0.1) is 29.2 Å². The molecule has 0 aliphatic carbocycles. The molecule has 29 heavy (non-hydrogen) atoms. The van der Waals surface area contributed by atoms with Crippen LogP contribution in [0.3, 0.4) is 0 Å². The number of benzene rings is 2. The average molecular weight is 423 g/mol. The van der Waals surface area contributed by atoms with Gasteiger partial charge in [0.15, 0.2) is 34.8 Å². The zero-order chi connectivity index (χ0) is 21.5. The van der Waals surface area contributed by atoms with Gasteiger partial charge in [0.05, 0.1) is 0 Å². The van der Waals surface area contributed by atoms with Gasteiger partial charge in [-0.1, -0.05) is 13.0 Å². The van der Waals surface area contributed by atoms with E-state index in [1.54, 1.807) is 23.5 Å². The summed E-state index contributed by atoms with van der Waals surface area (Å²) >= 11 is 0. The maximum atomic E-state index is 13.9. The molecule has 0 saturated heterocycles. The number of halogens is 7. The van der Waals surface area contributed by atoms with Gasteiger partial charge in [-0.3, -0.25) is 4.79 Å². The van der Waals surface area contributed by atoms with Crippen molar-refractivity contribution in [3.05, 3.63) is 52.6 Å². The Balaban J connectivity index is 1.81. The molecule has 11 heteroatoms. The highest BCUT2D eigenvalue weighted by Gasteiger charge is 2.42. The zero-order valence-corrected chi connectivity index (χ0v) is 14.6. The van der Waals surface area contributed by atoms with Gasteiger partial charge in [0.1, 0.15) is 11.3 Å². The van der Waals surface area contributed by atoms with Gasteiger partial charge in [0, 0.05) is 5.92 Å². The minimum Gasteiger partial charge on any atom is -0.454 e. The predicted octanol–water partition coefficient (Wildman–Crippen LogP) is 4.81. The Morgan fingerprint density at radius 1 is 1.03 bits per heavy atom. The van der Waals surface area contributed by atoms with Crippen LogP contribution in [-0.4, -0.2) is 12.7 Å². The third-order valence-electron chi connectivity index (χ3n) is 4.22. The number of hydrogen-bond donors (Lipinski definition) is 1. The first-order valence-electron chi connectivity index (χ1n) is 8.13. The van der Waals surface area contributed by atoms with Gasteiger partial charge < -0.3 is 14.8 Å². The maximum absolute atomic E-state index is 13.9. The minimum absolute atomic E-state index is 0.0262. The van der Waals surface area contributed by atoms with Crippen LogP contribution in [0.25, 0.3) is 0 Å². The number of ether oxygens (including phenoxy) is 2. The molecular formula is C18H12F7NO3. The largest absolute Gasteiger partial charge is 0.454 e. The number of carbonyl (C=O) groups is 1. The Labute approximate surface area is 159 Å². The molecule has 156 valence electrons. The fraction of sp³-hybridized carbons (Fsp3) is 0.278. The number of anilines is 1. The lowest BCUT2D eigenvalue weighted by Crippen LogP contribution is -2.25. The molecule has 1 aliphatic heterocycles. The maximum Gasteiger partial charge on any atom is 0.422 e. The zero-order valence-electron chi connectivity index (χ0n) is 14.6. The molecule has 0 aromatic heterocycles. The summed E-state index contributed by atoms with van der Waals surface area (Å²) in [7, 11) is 0. The van der Waals surface area contributed by atoms with Gasteiger partial charge in [-0.05, 0) is 24.1 Å². The van der Waals surface area contributed by atoms with E-state index in [1.165, 1.54) is 6.92 Å². The van der Waals surface area contributed by atoms with Crippen LogP contribution < -0.4 is 14.8 Å². The van der Waals surface area contributed by atoms with Crippen LogP contribution in [0.4, 0.5) is 36.4 Å². The van der Waals surface area contributed by atoms with E-state index in [0.717, 1.165) is 0 Å². The van der Waals surface area contributed by atoms with Crippen molar-refractivity contribution in [1.29, 1.82) is 0 Å². The lowest BCUT2D eigenvalue weighted by molar-refractivity contribution is -0.143. The van der Waals surface area contributed by atoms with Crippen molar-refractivity contribution >= 4 is 11.6 Å². The van der Waals surface area contributed by atoms with Crippen molar-refractivity contribution in [2.75, 3.05) is 12.1 Å². The molecule has 0 bridgehead atoms. The highest BCUT2D eigenvalue weighted by atomic mass is 19.4. The van der Waals surface area contributed by atoms with E-state index in [-0.39, 0.29) is 13.2 Å². The van der Waals surface area contributed by atoms with Crippen LogP contribution in [0.2, 0.25) is 0 Å². The first-order valence-corrected chi connectivity index (χ1v) is 8.13. The van der Waals surface area contributed by atoms with Gasteiger partial charge in [-0.2, -0.15) is 13.2 Å². The van der Waals surface area contributed by atoms with Crippen LogP contribution in [-0.2, 0) is 17.4 Å². The molecule has 3 rings (SSSR count). The monoisotopic (exact) mass is 423 g/mol. The number of fused-ring (bicyclic) bond motifs is 1. The highest BCUT2D eigenvalue weighted by Crippen LogP contribution is 2.38. The van der Waals surface area contributed by atoms with E-state index in [1.807, 2.05) is 0 Å². The van der Waals surface area contributed by atoms with Crippen LogP contribution >= 0.6 is 0 Å². The van der Waals surface area contributed by atoms with Crippen molar-refractivity contribution in [2.45, 2.75) is 19.5 Å².